The normalized spacial score (nSPS) is 14.0. The van der Waals surface area contributed by atoms with E-state index in [1.807, 2.05) is 163 Å². The van der Waals surface area contributed by atoms with Gasteiger partial charge in [0, 0.05) is 25.7 Å². The lowest BCUT2D eigenvalue weighted by molar-refractivity contribution is -0.147. The molecule has 2 atom stereocenters. The molecule has 0 bridgehead atoms. The van der Waals surface area contributed by atoms with Crippen molar-refractivity contribution in [2.24, 2.45) is 16.2 Å². The van der Waals surface area contributed by atoms with Crippen molar-refractivity contribution in [1.29, 1.82) is 0 Å². The molecule has 51 heavy (non-hydrogen) atoms. The van der Waals surface area contributed by atoms with Gasteiger partial charge in [0.05, 0.1) is 23.3 Å². The summed E-state index contributed by atoms with van der Waals surface area (Å²) in [4.78, 5) is 28.9. The van der Waals surface area contributed by atoms with Crippen LogP contribution in [0, 0.1) is 16.2 Å². The second kappa shape index (κ2) is 16.0. The largest absolute Gasteiger partial charge is 0.387 e. The second-order valence-corrected chi connectivity index (χ2v) is 17.0. The highest BCUT2D eigenvalue weighted by molar-refractivity contribution is 6.04. The van der Waals surface area contributed by atoms with Crippen molar-refractivity contribution in [1.82, 2.24) is 10.6 Å². The third-order valence-electron chi connectivity index (χ3n) is 9.91. The number of amides is 2. The summed E-state index contributed by atoms with van der Waals surface area (Å²) in [7, 11) is 0. The van der Waals surface area contributed by atoms with E-state index in [0.717, 1.165) is 22.3 Å². The highest BCUT2D eigenvalue weighted by atomic mass is 16.3. The molecule has 4 N–H and O–H groups in total. The van der Waals surface area contributed by atoms with Crippen LogP contribution in [0.4, 0.5) is 0 Å². The average Bonchev–Trinajstić information content (AvgIpc) is 3.06. The van der Waals surface area contributed by atoms with E-state index in [1.165, 1.54) is 0 Å². The molecule has 4 aromatic carbocycles. The number of carbonyl (C=O) groups excluding carboxylic acids is 2. The number of benzene rings is 4. The molecule has 6 heteroatoms. The van der Waals surface area contributed by atoms with Crippen molar-refractivity contribution in [2.75, 3.05) is 0 Å². The summed E-state index contributed by atoms with van der Waals surface area (Å²) >= 11 is 0. The Labute approximate surface area is 305 Å². The van der Waals surface area contributed by atoms with Crippen LogP contribution in [0.15, 0.2) is 121 Å². The fraction of sp³-hybridized carbons (Fsp3) is 0.422. The van der Waals surface area contributed by atoms with Crippen molar-refractivity contribution in [3.63, 3.8) is 0 Å². The van der Waals surface area contributed by atoms with Crippen molar-refractivity contribution in [3.8, 4) is 0 Å². The molecule has 0 aliphatic rings. The summed E-state index contributed by atoms with van der Waals surface area (Å²) in [5.41, 5.74) is -1.71. The van der Waals surface area contributed by atoms with Crippen LogP contribution in [0.3, 0.4) is 0 Å². The first-order valence-electron chi connectivity index (χ1n) is 18.1. The molecule has 0 unspecified atom stereocenters. The zero-order chi connectivity index (χ0) is 37.5. The number of hydrogen-bond donors (Lipinski definition) is 4. The van der Waals surface area contributed by atoms with Crippen molar-refractivity contribution >= 4 is 11.8 Å². The molecule has 2 amide bonds. The fourth-order valence-electron chi connectivity index (χ4n) is 7.37. The van der Waals surface area contributed by atoms with Gasteiger partial charge in [0.25, 0.3) is 0 Å². The predicted octanol–water partition coefficient (Wildman–Crippen LogP) is 7.51. The SMILES string of the molecule is CC(C)(C(=O)N[C@H](C(C)(C)C)C(O)(Cc1ccccc1)Cc1ccccc1)C(=O)N[C@H](C(C)(C)C)C(O)(Cc1ccccc1)Cc1ccccc1. The minimum Gasteiger partial charge on any atom is -0.387 e. The fourth-order valence-corrected chi connectivity index (χ4v) is 7.37. The van der Waals surface area contributed by atoms with Gasteiger partial charge in [-0.1, -0.05) is 163 Å². The summed E-state index contributed by atoms with van der Waals surface area (Å²) in [6, 6.07) is 37.7. The number of hydrogen-bond acceptors (Lipinski definition) is 4. The maximum atomic E-state index is 14.4. The van der Waals surface area contributed by atoms with Gasteiger partial charge in [0.2, 0.25) is 11.8 Å². The zero-order valence-corrected chi connectivity index (χ0v) is 31.7. The lowest BCUT2D eigenvalue weighted by atomic mass is 9.70. The van der Waals surface area contributed by atoms with Crippen LogP contribution in [-0.2, 0) is 35.3 Å². The third kappa shape index (κ3) is 10.4. The second-order valence-electron chi connectivity index (χ2n) is 17.0. The Kier molecular flexibility index (Phi) is 12.4. The van der Waals surface area contributed by atoms with Crippen molar-refractivity contribution in [3.05, 3.63) is 144 Å². The zero-order valence-electron chi connectivity index (χ0n) is 31.7. The maximum absolute atomic E-state index is 14.4. The van der Waals surface area contributed by atoms with Gasteiger partial charge < -0.3 is 20.8 Å². The lowest BCUT2D eigenvalue weighted by Crippen LogP contribution is -2.66. The Balaban J connectivity index is 1.67. The lowest BCUT2D eigenvalue weighted by Gasteiger charge is -2.46. The van der Waals surface area contributed by atoms with Gasteiger partial charge in [-0.3, -0.25) is 9.59 Å². The van der Waals surface area contributed by atoms with Crippen LogP contribution in [0.2, 0.25) is 0 Å². The minimum atomic E-state index is -1.55. The van der Waals surface area contributed by atoms with Gasteiger partial charge in [0.15, 0.2) is 0 Å². The summed E-state index contributed by atoms with van der Waals surface area (Å²) in [6.07, 6.45) is 1.21. The first kappa shape index (κ1) is 39.5. The molecule has 6 nitrogen and oxygen atoms in total. The Hall–Kier alpha value is -4.26. The van der Waals surface area contributed by atoms with Crippen LogP contribution in [0.1, 0.15) is 77.6 Å². The molecule has 0 radical (unpaired) electrons. The number of nitrogens with one attached hydrogen (secondary N) is 2. The van der Waals surface area contributed by atoms with Crippen LogP contribution in [0.25, 0.3) is 0 Å². The summed E-state index contributed by atoms with van der Waals surface area (Å²) in [5.74, 6) is -0.997. The monoisotopic (exact) mass is 690 g/mol. The van der Waals surface area contributed by atoms with E-state index in [4.69, 9.17) is 0 Å². The van der Waals surface area contributed by atoms with Gasteiger partial charge in [-0.05, 0) is 46.9 Å². The molecule has 0 aromatic heterocycles. The number of rotatable bonds is 14. The third-order valence-corrected chi connectivity index (χ3v) is 9.91. The van der Waals surface area contributed by atoms with Gasteiger partial charge in [-0.25, -0.2) is 0 Å². The number of aliphatic hydroxyl groups is 2. The predicted molar refractivity (Wildman–Crippen MR) is 207 cm³/mol. The van der Waals surface area contributed by atoms with Gasteiger partial charge >= 0.3 is 0 Å². The topological polar surface area (TPSA) is 98.7 Å². The highest BCUT2D eigenvalue weighted by Gasteiger charge is 2.50. The van der Waals surface area contributed by atoms with Crippen LogP contribution in [-0.4, -0.2) is 45.3 Å². The summed E-state index contributed by atoms with van der Waals surface area (Å²) < 4.78 is 0. The molecule has 0 aliphatic carbocycles. The van der Waals surface area contributed by atoms with Crippen molar-refractivity contribution in [2.45, 2.75) is 104 Å². The van der Waals surface area contributed by atoms with Crippen LogP contribution in [0.5, 0.6) is 0 Å². The standard InChI is InChI=1S/C45H58N2O4/c1-41(2,3)37(44(50,29-33-21-13-9-14-22-33)30-34-23-15-10-16-24-34)46-39(48)43(7,8)40(49)47-38(42(4,5)6)45(51,31-35-25-17-11-18-26-35)32-36-27-19-12-20-28-36/h9-28,37-38,50-51H,29-32H2,1-8H3,(H,46,48)(H,47,49)/t37-,38-/m1/s1. The Morgan fingerprint density at radius 1 is 0.451 bits per heavy atom. The smallest absolute Gasteiger partial charge is 0.235 e. The van der Waals surface area contributed by atoms with E-state index >= 15 is 0 Å². The highest BCUT2D eigenvalue weighted by Crippen LogP contribution is 2.37. The molecular weight excluding hydrogens is 633 g/mol. The summed E-state index contributed by atoms with van der Waals surface area (Å²) in [6.45, 7) is 15.2. The molecule has 0 spiro atoms. The minimum absolute atomic E-state index is 0.301. The van der Waals surface area contributed by atoms with E-state index in [9.17, 15) is 19.8 Å². The number of carbonyl (C=O) groups is 2. The molecule has 0 saturated carbocycles. The molecule has 0 aliphatic heterocycles. The van der Waals surface area contributed by atoms with E-state index < -0.39 is 51.3 Å². The molecule has 272 valence electrons. The first-order chi connectivity index (χ1) is 23.8. The molecule has 0 heterocycles. The van der Waals surface area contributed by atoms with E-state index in [1.54, 1.807) is 13.8 Å². The van der Waals surface area contributed by atoms with Gasteiger partial charge in [-0.15, -0.1) is 0 Å². The molecule has 0 saturated heterocycles. The van der Waals surface area contributed by atoms with E-state index in [0.29, 0.717) is 25.7 Å². The Bertz CT molecular complexity index is 1480. The Morgan fingerprint density at radius 3 is 0.863 bits per heavy atom. The Morgan fingerprint density at radius 2 is 0.667 bits per heavy atom. The summed E-state index contributed by atoms with van der Waals surface area (Å²) in [5, 5.41) is 31.7. The van der Waals surface area contributed by atoms with Gasteiger partial charge in [0.1, 0.15) is 5.41 Å². The van der Waals surface area contributed by atoms with Gasteiger partial charge in [-0.2, -0.15) is 0 Å². The molecule has 0 fully saturated rings. The van der Waals surface area contributed by atoms with E-state index in [-0.39, 0.29) is 0 Å². The first-order valence-corrected chi connectivity index (χ1v) is 18.1. The quantitative estimate of drug-likeness (QED) is 0.103. The molecule has 4 rings (SSSR count). The molecular formula is C45H58N2O4. The van der Waals surface area contributed by atoms with Crippen LogP contribution >= 0.6 is 0 Å². The van der Waals surface area contributed by atoms with Crippen molar-refractivity contribution < 1.29 is 19.8 Å². The van der Waals surface area contributed by atoms with E-state index in [2.05, 4.69) is 10.6 Å². The average molecular weight is 691 g/mol. The molecule has 4 aromatic rings. The van der Waals surface area contributed by atoms with Crippen LogP contribution < -0.4 is 10.6 Å². The maximum Gasteiger partial charge on any atom is 0.235 e.